The van der Waals surface area contributed by atoms with Gasteiger partial charge in [-0.05, 0) is 26.2 Å². The lowest BCUT2D eigenvalue weighted by Gasteiger charge is -2.12. The molecule has 19 heavy (non-hydrogen) atoms. The standard InChI is InChI=1S/C14H22N2O2S/c1-5-9-6-10(9)16-14-12(18-7(2)3)11(15)13(19-14)8(4)17/h7,9-10,16H,5-6,15H2,1-4H3. The fraction of sp³-hybridized carbons (Fsp3) is 0.643. The van der Waals surface area contributed by atoms with Crippen LogP contribution >= 0.6 is 11.3 Å². The summed E-state index contributed by atoms with van der Waals surface area (Å²) in [5, 5.41) is 4.37. The molecule has 0 spiro atoms. The fourth-order valence-electron chi connectivity index (χ4n) is 2.18. The summed E-state index contributed by atoms with van der Waals surface area (Å²) in [6.07, 6.45) is 2.40. The van der Waals surface area contributed by atoms with E-state index in [0.717, 1.165) is 10.9 Å². The van der Waals surface area contributed by atoms with Crippen molar-refractivity contribution >= 4 is 27.8 Å². The normalized spacial score (nSPS) is 21.5. The quantitative estimate of drug-likeness (QED) is 0.783. The molecule has 0 aliphatic heterocycles. The van der Waals surface area contributed by atoms with Crippen molar-refractivity contribution in [1.82, 2.24) is 0 Å². The highest BCUT2D eigenvalue weighted by Gasteiger charge is 2.36. The lowest BCUT2D eigenvalue weighted by Crippen LogP contribution is -2.10. The summed E-state index contributed by atoms with van der Waals surface area (Å²) in [5.41, 5.74) is 6.52. The van der Waals surface area contributed by atoms with E-state index in [1.165, 1.54) is 31.1 Å². The van der Waals surface area contributed by atoms with Crippen LogP contribution in [0.25, 0.3) is 0 Å². The minimum absolute atomic E-state index is 0.00741. The van der Waals surface area contributed by atoms with Gasteiger partial charge in [-0.15, -0.1) is 11.3 Å². The molecule has 4 nitrogen and oxygen atoms in total. The van der Waals surface area contributed by atoms with Crippen LogP contribution in [-0.4, -0.2) is 17.9 Å². The maximum absolute atomic E-state index is 11.6. The lowest BCUT2D eigenvalue weighted by atomic mass is 10.3. The van der Waals surface area contributed by atoms with Crippen LogP contribution in [0.1, 0.15) is 50.2 Å². The molecule has 0 bridgehead atoms. The highest BCUT2D eigenvalue weighted by molar-refractivity contribution is 7.19. The van der Waals surface area contributed by atoms with Crippen LogP contribution in [0.5, 0.6) is 5.75 Å². The second kappa shape index (κ2) is 5.41. The molecule has 0 amide bonds. The Labute approximate surface area is 118 Å². The van der Waals surface area contributed by atoms with Crippen LogP contribution in [0.3, 0.4) is 0 Å². The van der Waals surface area contributed by atoms with Gasteiger partial charge in [0.25, 0.3) is 0 Å². The van der Waals surface area contributed by atoms with Gasteiger partial charge in [-0.1, -0.05) is 13.3 Å². The Bertz CT molecular complexity index is 482. The van der Waals surface area contributed by atoms with Gasteiger partial charge < -0.3 is 15.8 Å². The monoisotopic (exact) mass is 282 g/mol. The van der Waals surface area contributed by atoms with E-state index in [4.69, 9.17) is 10.5 Å². The predicted molar refractivity (Wildman–Crippen MR) is 80.3 cm³/mol. The zero-order chi connectivity index (χ0) is 14.2. The molecule has 1 aromatic heterocycles. The Morgan fingerprint density at radius 2 is 2.26 bits per heavy atom. The first-order valence-electron chi connectivity index (χ1n) is 6.80. The summed E-state index contributed by atoms with van der Waals surface area (Å²) in [5.74, 6) is 1.37. The minimum atomic E-state index is -0.00741. The second-order valence-corrected chi connectivity index (χ2v) is 6.40. The second-order valence-electron chi connectivity index (χ2n) is 5.38. The van der Waals surface area contributed by atoms with Gasteiger partial charge in [0.15, 0.2) is 11.5 Å². The Morgan fingerprint density at radius 3 is 2.74 bits per heavy atom. The highest BCUT2D eigenvalue weighted by Crippen LogP contribution is 2.46. The number of Topliss-reactive ketones (excluding diaryl/α,β-unsaturated/α-hetero) is 1. The van der Waals surface area contributed by atoms with Crippen molar-refractivity contribution in [3.8, 4) is 5.75 Å². The smallest absolute Gasteiger partial charge is 0.177 e. The Balaban J connectivity index is 2.24. The van der Waals surface area contributed by atoms with Gasteiger partial charge in [0.05, 0.1) is 16.7 Å². The summed E-state index contributed by atoms with van der Waals surface area (Å²) >= 11 is 1.41. The summed E-state index contributed by atoms with van der Waals surface area (Å²) in [6.45, 7) is 7.65. The van der Waals surface area contributed by atoms with Gasteiger partial charge in [-0.3, -0.25) is 4.79 Å². The third-order valence-corrected chi connectivity index (χ3v) is 4.56. The molecule has 2 unspecified atom stereocenters. The molecule has 5 heteroatoms. The third-order valence-electron chi connectivity index (χ3n) is 3.34. The van der Waals surface area contributed by atoms with E-state index >= 15 is 0 Å². The predicted octanol–water partition coefficient (Wildman–Crippen LogP) is 3.53. The van der Waals surface area contributed by atoms with Crippen LogP contribution in [0.4, 0.5) is 10.7 Å². The Kier molecular flexibility index (Phi) is 4.04. The number of carbonyl (C=O) groups is 1. The van der Waals surface area contributed by atoms with Gasteiger partial charge >= 0.3 is 0 Å². The van der Waals surface area contributed by atoms with Crippen molar-refractivity contribution in [2.75, 3.05) is 11.1 Å². The topological polar surface area (TPSA) is 64.4 Å². The molecule has 106 valence electrons. The average Bonchev–Trinajstić information content (AvgIpc) is 3.01. The van der Waals surface area contributed by atoms with E-state index in [0.29, 0.717) is 22.4 Å². The van der Waals surface area contributed by atoms with Gasteiger partial charge in [-0.25, -0.2) is 0 Å². The van der Waals surface area contributed by atoms with Crippen LogP contribution in [0.15, 0.2) is 0 Å². The molecule has 1 heterocycles. The molecule has 2 rings (SSSR count). The van der Waals surface area contributed by atoms with E-state index in [-0.39, 0.29) is 11.9 Å². The molecule has 3 N–H and O–H groups in total. The number of anilines is 2. The molecule has 1 aromatic rings. The van der Waals surface area contributed by atoms with Crippen molar-refractivity contribution in [2.45, 2.75) is 52.7 Å². The Hall–Kier alpha value is -1.23. The van der Waals surface area contributed by atoms with Gasteiger partial charge in [-0.2, -0.15) is 0 Å². The molecule has 0 radical (unpaired) electrons. The number of carbonyl (C=O) groups excluding carboxylic acids is 1. The first-order valence-corrected chi connectivity index (χ1v) is 7.62. The maximum atomic E-state index is 11.6. The number of nitrogens with two attached hydrogens (primary N) is 1. The number of ketones is 1. The number of rotatable bonds is 6. The summed E-state index contributed by atoms with van der Waals surface area (Å²) in [7, 11) is 0. The van der Waals surface area contributed by atoms with Crippen LogP contribution in [-0.2, 0) is 0 Å². The van der Waals surface area contributed by atoms with Crippen molar-refractivity contribution in [3.63, 3.8) is 0 Å². The third kappa shape index (κ3) is 3.03. The molecule has 0 aromatic carbocycles. The van der Waals surface area contributed by atoms with Crippen molar-refractivity contribution in [3.05, 3.63) is 4.88 Å². The van der Waals surface area contributed by atoms with E-state index in [9.17, 15) is 4.79 Å². The zero-order valence-electron chi connectivity index (χ0n) is 11.9. The fourth-order valence-corrected chi connectivity index (χ4v) is 3.19. The maximum Gasteiger partial charge on any atom is 0.177 e. The number of nitrogens with one attached hydrogen (secondary N) is 1. The van der Waals surface area contributed by atoms with Crippen molar-refractivity contribution < 1.29 is 9.53 Å². The van der Waals surface area contributed by atoms with E-state index < -0.39 is 0 Å². The molecule has 1 saturated carbocycles. The van der Waals surface area contributed by atoms with E-state index in [1.54, 1.807) is 0 Å². The lowest BCUT2D eigenvalue weighted by molar-refractivity contribution is 0.102. The number of hydrogen-bond donors (Lipinski definition) is 2. The number of nitrogen functional groups attached to an aromatic ring is 1. The summed E-state index contributed by atoms with van der Waals surface area (Å²) < 4.78 is 5.78. The van der Waals surface area contributed by atoms with Gasteiger partial charge in [0.1, 0.15) is 5.00 Å². The van der Waals surface area contributed by atoms with Crippen LogP contribution in [0.2, 0.25) is 0 Å². The molecular formula is C14H22N2O2S. The number of hydrogen-bond acceptors (Lipinski definition) is 5. The SMILES string of the molecule is CCC1CC1Nc1sc(C(C)=O)c(N)c1OC(C)C. The average molecular weight is 282 g/mol. The molecule has 1 aliphatic carbocycles. The number of thiophene rings is 1. The Morgan fingerprint density at radius 1 is 1.58 bits per heavy atom. The largest absolute Gasteiger partial charge is 0.486 e. The summed E-state index contributed by atoms with van der Waals surface area (Å²) in [6, 6.07) is 0.498. The van der Waals surface area contributed by atoms with E-state index in [2.05, 4.69) is 12.2 Å². The highest BCUT2D eigenvalue weighted by atomic mass is 32.1. The molecule has 0 saturated heterocycles. The minimum Gasteiger partial charge on any atom is -0.486 e. The first kappa shape index (κ1) is 14.2. The van der Waals surface area contributed by atoms with Crippen molar-refractivity contribution in [2.24, 2.45) is 5.92 Å². The van der Waals surface area contributed by atoms with Crippen molar-refractivity contribution in [1.29, 1.82) is 0 Å². The van der Waals surface area contributed by atoms with Gasteiger partial charge in [0.2, 0.25) is 0 Å². The molecule has 1 aliphatic rings. The summed E-state index contributed by atoms with van der Waals surface area (Å²) in [4.78, 5) is 12.2. The zero-order valence-corrected chi connectivity index (χ0v) is 12.8. The van der Waals surface area contributed by atoms with E-state index in [1.807, 2.05) is 13.8 Å². The number of ether oxygens (including phenoxy) is 1. The van der Waals surface area contributed by atoms with Gasteiger partial charge in [0, 0.05) is 13.0 Å². The molecular weight excluding hydrogens is 260 g/mol. The van der Waals surface area contributed by atoms with Crippen LogP contribution < -0.4 is 15.8 Å². The first-order chi connectivity index (χ1) is 8.93. The van der Waals surface area contributed by atoms with Crippen LogP contribution in [0, 0.1) is 5.92 Å². The molecule has 1 fully saturated rings. The molecule has 2 atom stereocenters.